The normalized spacial score (nSPS) is 15.1. The van der Waals surface area contributed by atoms with Gasteiger partial charge < -0.3 is 11.1 Å². The number of carbonyl (C=O) groups excluding carboxylic acids is 1. The Balaban J connectivity index is 2.26. The zero-order valence-corrected chi connectivity index (χ0v) is 11.9. The van der Waals surface area contributed by atoms with Crippen molar-refractivity contribution in [3.63, 3.8) is 0 Å². The van der Waals surface area contributed by atoms with E-state index in [4.69, 9.17) is 28.9 Å². The van der Waals surface area contributed by atoms with Crippen LogP contribution in [0.4, 0.5) is 10.5 Å². The molecule has 0 aliphatic heterocycles. The Labute approximate surface area is 120 Å². The monoisotopic (exact) mass is 323 g/mol. The van der Waals surface area contributed by atoms with Gasteiger partial charge in [0.1, 0.15) is 4.90 Å². The smallest absolute Gasteiger partial charge is 0.328 e. The lowest BCUT2D eigenvalue weighted by atomic mass is 10.3. The summed E-state index contributed by atoms with van der Waals surface area (Å²) in [4.78, 5) is 11.1. The van der Waals surface area contributed by atoms with Gasteiger partial charge in [-0.1, -0.05) is 23.2 Å². The lowest BCUT2D eigenvalue weighted by molar-refractivity contribution is 0.245. The molecule has 6 nitrogen and oxygen atoms in total. The maximum absolute atomic E-state index is 12.0. The van der Waals surface area contributed by atoms with Crippen LogP contribution in [-0.4, -0.2) is 20.5 Å². The second-order valence-corrected chi connectivity index (χ2v) is 6.60. The van der Waals surface area contributed by atoms with Crippen molar-refractivity contribution >= 4 is 44.9 Å². The lowest BCUT2D eigenvalue weighted by Crippen LogP contribution is -2.40. The van der Waals surface area contributed by atoms with Crippen molar-refractivity contribution in [2.75, 3.05) is 5.73 Å². The molecule has 0 bridgehead atoms. The minimum absolute atomic E-state index is 0.0348. The lowest BCUT2D eigenvalue weighted by Gasteiger charge is -2.11. The van der Waals surface area contributed by atoms with Crippen LogP contribution in [0.2, 0.25) is 10.0 Å². The molecule has 0 atom stereocenters. The second kappa shape index (κ2) is 5.07. The fraction of sp³-hybridized carbons (Fsp3) is 0.300. The SMILES string of the molecule is Nc1cc(Cl)c(S(=O)(=O)NC(=O)NC2CC2)c(Cl)c1. The first-order chi connectivity index (χ1) is 8.79. The van der Waals surface area contributed by atoms with Crippen molar-refractivity contribution in [2.45, 2.75) is 23.8 Å². The number of sulfonamides is 1. The van der Waals surface area contributed by atoms with E-state index in [1.165, 1.54) is 12.1 Å². The predicted molar refractivity (Wildman–Crippen MR) is 72.7 cm³/mol. The topological polar surface area (TPSA) is 101 Å². The Hall–Kier alpha value is -1.18. The summed E-state index contributed by atoms with van der Waals surface area (Å²) in [6.45, 7) is 0. The molecule has 104 valence electrons. The quantitative estimate of drug-likeness (QED) is 0.737. The summed E-state index contributed by atoms with van der Waals surface area (Å²) in [6, 6.07) is 1.74. The molecule has 0 heterocycles. The van der Waals surface area contributed by atoms with Crippen molar-refractivity contribution in [1.82, 2.24) is 10.0 Å². The Morgan fingerprint density at radius 2 is 1.79 bits per heavy atom. The van der Waals surface area contributed by atoms with Crippen molar-refractivity contribution in [3.05, 3.63) is 22.2 Å². The third-order valence-electron chi connectivity index (χ3n) is 2.43. The number of nitrogens with one attached hydrogen (secondary N) is 2. The summed E-state index contributed by atoms with van der Waals surface area (Å²) in [5.41, 5.74) is 5.72. The standard InChI is InChI=1S/C10H11Cl2N3O3S/c11-7-3-5(13)4-8(12)9(7)19(17,18)15-10(16)14-6-1-2-6/h3-4,6H,1-2,13H2,(H2,14,15,16). The van der Waals surface area contributed by atoms with Crippen LogP contribution in [0.25, 0.3) is 0 Å². The minimum Gasteiger partial charge on any atom is -0.399 e. The van der Waals surface area contributed by atoms with Gasteiger partial charge in [-0.05, 0) is 25.0 Å². The largest absolute Gasteiger partial charge is 0.399 e. The summed E-state index contributed by atoms with van der Waals surface area (Å²) in [7, 11) is -4.14. The van der Waals surface area contributed by atoms with Gasteiger partial charge in [0, 0.05) is 11.7 Å². The molecule has 0 unspecified atom stereocenters. The first-order valence-corrected chi connectivity index (χ1v) is 7.61. The average molecular weight is 324 g/mol. The van der Waals surface area contributed by atoms with E-state index in [0.29, 0.717) is 0 Å². The summed E-state index contributed by atoms with van der Waals surface area (Å²) >= 11 is 11.6. The van der Waals surface area contributed by atoms with E-state index >= 15 is 0 Å². The molecule has 1 aliphatic carbocycles. The van der Waals surface area contributed by atoms with Crippen molar-refractivity contribution in [2.24, 2.45) is 0 Å². The highest BCUT2D eigenvalue weighted by atomic mass is 35.5. The molecule has 1 fully saturated rings. The van der Waals surface area contributed by atoms with Gasteiger partial charge in [-0.3, -0.25) is 0 Å². The number of halogens is 2. The molecular weight excluding hydrogens is 313 g/mol. The Morgan fingerprint density at radius 3 is 2.26 bits per heavy atom. The van der Waals surface area contributed by atoms with Gasteiger partial charge in [-0.15, -0.1) is 0 Å². The van der Waals surface area contributed by atoms with Crippen molar-refractivity contribution < 1.29 is 13.2 Å². The average Bonchev–Trinajstić information content (AvgIpc) is 2.97. The molecule has 4 N–H and O–H groups in total. The van der Waals surface area contributed by atoms with Crippen LogP contribution in [0.3, 0.4) is 0 Å². The van der Waals surface area contributed by atoms with Gasteiger partial charge in [0.15, 0.2) is 0 Å². The highest BCUT2D eigenvalue weighted by molar-refractivity contribution is 7.90. The molecule has 1 aromatic carbocycles. The third-order valence-corrected chi connectivity index (χ3v) is 4.68. The predicted octanol–water partition coefficient (Wildman–Crippen LogP) is 1.73. The molecule has 1 aromatic rings. The highest BCUT2D eigenvalue weighted by Crippen LogP contribution is 2.31. The number of nitrogen functional groups attached to an aromatic ring is 1. The first kappa shape index (κ1) is 14.2. The zero-order chi connectivity index (χ0) is 14.2. The number of carbonyl (C=O) groups is 1. The molecule has 2 rings (SSSR count). The maximum Gasteiger partial charge on any atom is 0.328 e. The third kappa shape index (κ3) is 3.43. The molecule has 1 aliphatic rings. The Bertz CT molecular complexity index is 606. The molecule has 0 spiro atoms. The van der Waals surface area contributed by atoms with E-state index in [1.54, 1.807) is 0 Å². The number of anilines is 1. The maximum atomic E-state index is 12.0. The number of urea groups is 1. The van der Waals surface area contributed by atoms with Crippen LogP contribution in [0, 0.1) is 0 Å². The molecule has 9 heteroatoms. The second-order valence-electron chi connectivity index (χ2n) is 4.17. The van der Waals surface area contributed by atoms with Crippen LogP contribution < -0.4 is 15.8 Å². The fourth-order valence-corrected chi connectivity index (χ4v) is 3.60. The van der Waals surface area contributed by atoms with Crippen molar-refractivity contribution in [1.29, 1.82) is 0 Å². The first-order valence-electron chi connectivity index (χ1n) is 5.37. The Morgan fingerprint density at radius 1 is 1.26 bits per heavy atom. The summed E-state index contributed by atoms with van der Waals surface area (Å²) in [5, 5.41) is 2.21. The zero-order valence-electron chi connectivity index (χ0n) is 9.61. The van der Waals surface area contributed by atoms with Gasteiger partial charge in [0.25, 0.3) is 10.0 Å². The molecular formula is C10H11Cl2N3O3S. The number of rotatable bonds is 3. The van der Waals surface area contributed by atoms with Crippen LogP contribution in [0.5, 0.6) is 0 Å². The molecule has 0 saturated heterocycles. The number of hydrogen-bond acceptors (Lipinski definition) is 4. The van der Waals surface area contributed by atoms with Gasteiger partial charge in [0.05, 0.1) is 10.0 Å². The molecule has 0 aromatic heterocycles. The van der Waals surface area contributed by atoms with Gasteiger partial charge in [-0.25, -0.2) is 17.9 Å². The van der Waals surface area contributed by atoms with E-state index in [1.807, 2.05) is 4.72 Å². The summed E-state index contributed by atoms with van der Waals surface area (Å²) < 4.78 is 25.9. The highest BCUT2D eigenvalue weighted by Gasteiger charge is 2.28. The van der Waals surface area contributed by atoms with E-state index in [-0.39, 0.29) is 26.7 Å². The molecule has 19 heavy (non-hydrogen) atoms. The van der Waals surface area contributed by atoms with Gasteiger partial charge in [-0.2, -0.15) is 0 Å². The van der Waals surface area contributed by atoms with Gasteiger partial charge >= 0.3 is 6.03 Å². The van der Waals surface area contributed by atoms with E-state index in [2.05, 4.69) is 5.32 Å². The van der Waals surface area contributed by atoms with Crippen LogP contribution in [-0.2, 0) is 10.0 Å². The summed E-state index contributed by atoms with van der Waals surface area (Å²) in [6.07, 6.45) is 1.69. The number of nitrogens with two attached hydrogens (primary N) is 1. The van der Waals surface area contributed by atoms with E-state index < -0.39 is 16.1 Å². The van der Waals surface area contributed by atoms with Crippen LogP contribution >= 0.6 is 23.2 Å². The van der Waals surface area contributed by atoms with Crippen LogP contribution in [0.1, 0.15) is 12.8 Å². The fourth-order valence-electron chi connectivity index (χ4n) is 1.45. The van der Waals surface area contributed by atoms with E-state index in [0.717, 1.165) is 12.8 Å². The number of hydrogen-bond donors (Lipinski definition) is 3. The molecule has 2 amide bonds. The Kier molecular flexibility index (Phi) is 3.80. The number of amides is 2. The van der Waals surface area contributed by atoms with Crippen LogP contribution in [0.15, 0.2) is 17.0 Å². The summed E-state index contributed by atoms with van der Waals surface area (Å²) in [5.74, 6) is 0. The van der Waals surface area contributed by atoms with Crippen molar-refractivity contribution in [3.8, 4) is 0 Å². The van der Waals surface area contributed by atoms with Gasteiger partial charge in [0.2, 0.25) is 0 Å². The number of benzene rings is 1. The molecule has 0 radical (unpaired) electrons. The molecule has 1 saturated carbocycles. The minimum atomic E-state index is -4.14. The van der Waals surface area contributed by atoms with E-state index in [9.17, 15) is 13.2 Å².